The number of fused-ring (bicyclic) bond motifs is 5. The van der Waals surface area contributed by atoms with Crippen molar-refractivity contribution in [2.24, 2.45) is 17.3 Å². The van der Waals surface area contributed by atoms with Gasteiger partial charge in [-0.3, -0.25) is 9.78 Å². The number of benzene rings is 3. The number of hydrogen-bond acceptors (Lipinski definition) is 3. The standard InChI is InChI=1S/C32H36N.C13H24O2.Ir/c1-19-14-15-22-20(2)27-24(17-21(22)16-19)29-28(32(8,9)31(27,6)7)25(18-30(3,4)5)23-12-10-11-13-26(23)33-29;1-5-10(6-2)12(14)9-13(15)11(7-3)8-4;/h10-16H,18H2,1-9H3;9-11,14H,5-8H2,1-4H3;/q-1;;/b;12-9-;. The number of ketones is 1. The quantitative estimate of drug-likeness (QED) is 0.109. The molecule has 0 fully saturated rings. The van der Waals surface area contributed by atoms with Crippen molar-refractivity contribution in [3.8, 4) is 11.3 Å². The summed E-state index contributed by atoms with van der Waals surface area (Å²) in [5.41, 5.74) is 10.4. The van der Waals surface area contributed by atoms with Crippen LogP contribution in [0.3, 0.4) is 0 Å². The molecule has 0 unspecified atom stereocenters. The summed E-state index contributed by atoms with van der Waals surface area (Å²) >= 11 is 0. The van der Waals surface area contributed by atoms with E-state index in [4.69, 9.17) is 4.98 Å². The fourth-order valence-corrected chi connectivity index (χ4v) is 7.82. The number of pyridine rings is 1. The maximum Gasteiger partial charge on any atom is 0.162 e. The molecule has 3 aromatic carbocycles. The second-order valence-corrected chi connectivity index (χ2v) is 16.4. The van der Waals surface area contributed by atoms with Crippen molar-refractivity contribution >= 4 is 27.5 Å². The maximum absolute atomic E-state index is 11.7. The van der Waals surface area contributed by atoms with Crippen molar-refractivity contribution in [1.29, 1.82) is 0 Å². The van der Waals surface area contributed by atoms with E-state index in [-0.39, 0.29) is 59.7 Å². The SMILES string of the molecule is CCC(CC)C(=O)/C=C(\O)C(CC)CC.Cc1ccc2c(C)c3c([c-]c2c1)-c1nc2ccccc2c(CC(C)(C)C)c1C(C)(C)C3(C)C.[Ir]. The molecule has 267 valence electrons. The predicted octanol–water partition coefficient (Wildman–Crippen LogP) is 12.5. The van der Waals surface area contributed by atoms with Crippen LogP contribution in [0.4, 0.5) is 0 Å². The molecule has 4 heteroatoms. The molecule has 1 aliphatic rings. The molecule has 4 aromatic rings. The third-order valence-electron chi connectivity index (χ3n) is 11.3. The van der Waals surface area contributed by atoms with Crippen LogP contribution in [0.15, 0.2) is 54.3 Å². The van der Waals surface area contributed by atoms with Gasteiger partial charge in [0, 0.05) is 49.1 Å². The summed E-state index contributed by atoms with van der Waals surface area (Å²) in [6.07, 6.45) is 5.93. The van der Waals surface area contributed by atoms with Gasteiger partial charge in [-0.2, -0.15) is 0 Å². The average Bonchev–Trinajstić information content (AvgIpc) is 3.00. The number of aryl methyl sites for hydroxylation is 2. The smallest absolute Gasteiger partial charge is 0.162 e. The van der Waals surface area contributed by atoms with Gasteiger partial charge in [0.05, 0.1) is 11.3 Å². The van der Waals surface area contributed by atoms with Gasteiger partial charge in [0.25, 0.3) is 0 Å². The van der Waals surface area contributed by atoms with Crippen molar-refractivity contribution < 1.29 is 30.0 Å². The number of para-hydroxylation sites is 1. The van der Waals surface area contributed by atoms with Gasteiger partial charge in [0.2, 0.25) is 0 Å². The zero-order valence-corrected chi connectivity index (χ0v) is 34.8. The minimum absolute atomic E-state index is 0. The summed E-state index contributed by atoms with van der Waals surface area (Å²) in [6, 6.07) is 19.3. The Kier molecular flexibility index (Phi) is 12.9. The number of aliphatic hydroxyl groups is 1. The zero-order chi connectivity index (χ0) is 35.8. The first-order chi connectivity index (χ1) is 22.4. The van der Waals surface area contributed by atoms with E-state index in [9.17, 15) is 9.90 Å². The van der Waals surface area contributed by atoms with Crippen LogP contribution in [0.1, 0.15) is 130 Å². The van der Waals surface area contributed by atoms with E-state index in [0.717, 1.165) is 43.3 Å². The number of allylic oxidation sites excluding steroid dienone is 2. The van der Waals surface area contributed by atoms with Crippen LogP contribution in [0, 0.1) is 37.2 Å². The molecule has 3 nitrogen and oxygen atoms in total. The minimum Gasteiger partial charge on any atom is -0.512 e. The van der Waals surface area contributed by atoms with Gasteiger partial charge in [-0.1, -0.05) is 135 Å². The number of aromatic nitrogens is 1. The maximum atomic E-state index is 11.7. The fourth-order valence-electron chi connectivity index (χ4n) is 7.82. The Morgan fingerprint density at radius 1 is 0.857 bits per heavy atom. The van der Waals surface area contributed by atoms with Gasteiger partial charge >= 0.3 is 0 Å². The molecule has 5 rings (SSSR count). The largest absolute Gasteiger partial charge is 0.512 e. The molecule has 0 spiro atoms. The number of nitrogens with zero attached hydrogens (tertiary/aromatic N) is 1. The summed E-state index contributed by atoms with van der Waals surface area (Å²) in [7, 11) is 0. The third-order valence-corrected chi connectivity index (χ3v) is 11.3. The molecular weight excluding hydrogens is 779 g/mol. The van der Waals surface area contributed by atoms with Gasteiger partial charge in [0.15, 0.2) is 5.78 Å². The Hall–Kier alpha value is -2.81. The first-order valence-electron chi connectivity index (χ1n) is 18.3. The molecule has 0 aliphatic heterocycles. The second kappa shape index (κ2) is 15.6. The van der Waals surface area contributed by atoms with Gasteiger partial charge < -0.3 is 5.11 Å². The number of carbonyl (C=O) groups is 1. The van der Waals surface area contributed by atoms with Crippen LogP contribution < -0.4 is 0 Å². The van der Waals surface area contributed by atoms with Crippen molar-refractivity contribution in [2.75, 3.05) is 0 Å². The van der Waals surface area contributed by atoms with Crippen LogP contribution in [0.25, 0.3) is 32.9 Å². The summed E-state index contributed by atoms with van der Waals surface area (Å²) in [5, 5.41) is 13.6. The third kappa shape index (κ3) is 7.92. The Bertz CT molecular complexity index is 1830. The van der Waals surface area contributed by atoms with E-state index in [2.05, 4.69) is 111 Å². The summed E-state index contributed by atoms with van der Waals surface area (Å²) in [6.45, 7) is 29.3. The molecule has 0 atom stereocenters. The topological polar surface area (TPSA) is 50.2 Å². The van der Waals surface area contributed by atoms with E-state index in [1.807, 2.05) is 27.7 Å². The molecule has 1 heterocycles. The van der Waals surface area contributed by atoms with Gasteiger partial charge in [0.1, 0.15) is 0 Å². The van der Waals surface area contributed by atoms with Gasteiger partial charge in [-0.25, -0.2) is 0 Å². The first-order valence-corrected chi connectivity index (χ1v) is 18.3. The van der Waals surface area contributed by atoms with E-state index in [0.29, 0.717) is 0 Å². The van der Waals surface area contributed by atoms with Gasteiger partial charge in [-0.15, -0.1) is 23.1 Å². The fraction of sp³-hybridized carbons (Fsp3) is 0.511. The summed E-state index contributed by atoms with van der Waals surface area (Å²) in [4.78, 5) is 17.1. The first kappa shape index (κ1) is 40.6. The molecule has 0 bridgehead atoms. The van der Waals surface area contributed by atoms with E-state index in [1.54, 1.807) is 0 Å². The molecule has 1 radical (unpaired) electrons. The second-order valence-electron chi connectivity index (χ2n) is 16.4. The number of carbonyl (C=O) groups excluding carboxylic acids is 1. The molecule has 0 saturated heterocycles. The van der Waals surface area contributed by atoms with Crippen molar-refractivity contribution in [3.63, 3.8) is 0 Å². The van der Waals surface area contributed by atoms with Crippen LogP contribution in [0.2, 0.25) is 0 Å². The van der Waals surface area contributed by atoms with Crippen LogP contribution in [-0.4, -0.2) is 15.9 Å². The van der Waals surface area contributed by atoms with Crippen molar-refractivity contribution in [1.82, 2.24) is 4.98 Å². The normalized spacial score (nSPS) is 15.0. The van der Waals surface area contributed by atoms with E-state index in [1.165, 1.54) is 55.6 Å². The van der Waals surface area contributed by atoms with Crippen LogP contribution in [-0.2, 0) is 42.2 Å². The number of aliphatic hydroxyl groups excluding tert-OH is 1. The Morgan fingerprint density at radius 2 is 1.43 bits per heavy atom. The molecule has 0 saturated carbocycles. The molecule has 1 aromatic heterocycles. The Balaban J connectivity index is 0.000000347. The molecule has 1 N–H and O–H groups in total. The number of rotatable bonds is 8. The molecule has 0 amide bonds. The minimum atomic E-state index is -0.0794. The van der Waals surface area contributed by atoms with E-state index >= 15 is 0 Å². The zero-order valence-electron chi connectivity index (χ0n) is 32.4. The average molecular weight is 839 g/mol. The molecule has 49 heavy (non-hydrogen) atoms. The van der Waals surface area contributed by atoms with E-state index < -0.39 is 0 Å². The molecular formula is C45H60IrNO2-. The Morgan fingerprint density at radius 3 is 2.00 bits per heavy atom. The van der Waals surface area contributed by atoms with Gasteiger partial charge in [-0.05, 0) is 72.5 Å². The summed E-state index contributed by atoms with van der Waals surface area (Å²) in [5.74, 6) is 0.547. The molecule has 1 aliphatic carbocycles. The Labute approximate surface area is 310 Å². The van der Waals surface area contributed by atoms with Crippen LogP contribution in [0.5, 0.6) is 0 Å². The summed E-state index contributed by atoms with van der Waals surface area (Å²) < 4.78 is 0. The predicted molar refractivity (Wildman–Crippen MR) is 206 cm³/mol. The van der Waals surface area contributed by atoms with Crippen LogP contribution >= 0.6 is 0 Å². The monoisotopic (exact) mass is 839 g/mol. The van der Waals surface area contributed by atoms with Crippen molar-refractivity contribution in [3.05, 3.63) is 88.2 Å². The van der Waals surface area contributed by atoms with Crippen molar-refractivity contribution in [2.45, 2.75) is 133 Å². The number of hydrogen-bond donors (Lipinski definition) is 1.